The van der Waals surface area contributed by atoms with E-state index < -0.39 is 0 Å². The Hall–Kier alpha value is -0.0800. The van der Waals surface area contributed by atoms with E-state index in [9.17, 15) is 0 Å². The van der Waals surface area contributed by atoms with E-state index >= 15 is 0 Å². The minimum Gasteiger partial charge on any atom is -0.396 e. The minimum absolute atomic E-state index is 0.0822. The molecule has 1 fully saturated rings. The van der Waals surface area contributed by atoms with Crippen molar-refractivity contribution in [1.29, 1.82) is 0 Å². The van der Waals surface area contributed by atoms with Crippen molar-refractivity contribution in [1.82, 2.24) is 0 Å². The number of nitrogens with two attached hydrogens (primary N) is 1. The van der Waals surface area contributed by atoms with Crippen molar-refractivity contribution in [2.24, 2.45) is 17.1 Å². The number of hydrogen-bond acceptors (Lipinski definition) is 2. The lowest BCUT2D eigenvalue weighted by Gasteiger charge is -2.29. The number of rotatable bonds is 3. The summed E-state index contributed by atoms with van der Waals surface area (Å²) in [7, 11) is 0. The van der Waals surface area contributed by atoms with Gasteiger partial charge in [0.1, 0.15) is 0 Å². The van der Waals surface area contributed by atoms with Gasteiger partial charge in [-0.3, -0.25) is 0 Å². The second-order valence-electron chi connectivity index (χ2n) is 4.01. The maximum atomic E-state index is 8.96. The van der Waals surface area contributed by atoms with Crippen LogP contribution in [0.25, 0.3) is 0 Å². The van der Waals surface area contributed by atoms with E-state index in [2.05, 4.69) is 0 Å². The highest BCUT2D eigenvalue weighted by Crippen LogP contribution is 2.38. The standard InChI is InChI=1S/C8H17NO/c1-8(2,5-10)7(9)6-3-4-6/h6-7,10H,3-5,9H2,1-2H3. The van der Waals surface area contributed by atoms with Gasteiger partial charge < -0.3 is 10.8 Å². The van der Waals surface area contributed by atoms with Crippen molar-refractivity contribution >= 4 is 0 Å². The third kappa shape index (κ3) is 1.50. The van der Waals surface area contributed by atoms with E-state index in [0.717, 1.165) is 0 Å². The molecule has 1 aliphatic rings. The van der Waals surface area contributed by atoms with Crippen LogP contribution in [0.3, 0.4) is 0 Å². The van der Waals surface area contributed by atoms with Gasteiger partial charge in [0, 0.05) is 18.1 Å². The van der Waals surface area contributed by atoms with Gasteiger partial charge in [-0.2, -0.15) is 0 Å². The van der Waals surface area contributed by atoms with Crippen LogP contribution < -0.4 is 5.73 Å². The Morgan fingerprint density at radius 3 is 2.40 bits per heavy atom. The number of aliphatic hydroxyl groups excluding tert-OH is 1. The molecule has 0 spiro atoms. The molecular formula is C8H17NO. The predicted molar refractivity (Wildman–Crippen MR) is 41.6 cm³/mol. The van der Waals surface area contributed by atoms with Crippen molar-refractivity contribution in [3.63, 3.8) is 0 Å². The van der Waals surface area contributed by atoms with E-state index in [1.807, 2.05) is 13.8 Å². The third-order valence-electron chi connectivity index (χ3n) is 2.44. The molecule has 1 saturated carbocycles. The molecule has 0 aliphatic heterocycles. The molecule has 1 rings (SSSR count). The predicted octanol–water partition coefficient (Wildman–Crippen LogP) is 0.742. The zero-order valence-corrected chi connectivity index (χ0v) is 6.80. The van der Waals surface area contributed by atoms with Crippen LogP contribution in [0.2, 0.25) is 0 Å². The van der Waals surface area contributed by atoms with Gasteiger partial charge in [0.15, 0.2) is 0 Å². The normalized spacial score (nSPS) is 22.8. The van der Waals surface area contributed by atoms with Crippen molar-refractivity contribution in [3.05, 3.63) is 0 Å². The van der Waals surface area contributed by atoms with Crippen LogP contribution in [0.15, 0.2) is 0 Å². The monoisotopic (exact) mass is 143 g/mol. The highest BCUT2D eigenvalue weighted by molar-refractivity contribution is 4.92. The fourth-order valence-corrected chi connectivity index (χ4v) is 1.20. The average Bonchev–Trinajstić information content (AvgIpc) is 2.68. The van der Waals surface area contributed by atoms with Gasteiger partial charge in [-0.25, -0.2) is 0 Å². The Kier molecular flexibility index (Phi) is 2.02. The smallest absolute Gasteiger partial charge is 0.0497 e. The summed E-state index contributed by atoms with van der Waals surface area (Å²) in [6.45, 7) is 4.25. The molecule has 2 nitrogen and oxygen atoms in total. The zero-order chi connectivity index (χ0) is 7.78. The Morgan fingerprint density at radius 2 is 2.10 bits per heavy atom. The second-order valence-corrected chi connectivity index (χ2v) is 4.01. The zero-order valence-electron chi connectivity index (χ0n) is 6.80. The lowest BCUT2D eigenvalue weighted by molar-refractivity contribution is 0.123. The molecule has 1 atom stereocenters. The maximum absolute atomic E-state index is 8.96. The van der Waals surface area contributed by atoms with E-state index in [1.165, 1.54) is 12.8 Å². The van der Waals surface area contributed by atoms with Gasteiger partial charge in [0.2, 0.25) is 0 Å². The lowest BCUT2D eigenvalue weighted by Crippen LogP contribution is -2.41. The molecule has 0 aromatic heterocycles. The summed E-state index contributed by atoms with van der Waals surface area (Å²) < 4.78 is 0. The lowest BCUT2D eigenvalue weighted by atomic mass is 9.83. The Morgan fingerprint density at radius 1 is 1.60 bits per heavy atom. The fourth-order valence-electron chi connectivity index (χ4n) is 1.20. The first-order valence-electron chi connectivity index (χ1n) is 3.94. The van der Waals surface area contributed by atoms with Gasteiger partial charge in [0.05, 0.1) is 0 Å². The Labute approximate surface area is 62.4 Å². The van der Waals surface area contributed by atoms with Gasteiger partial charge in [-0.1, -0.05) is 13.8 Å². The first-order valence-corrected chi connectivity index (χ1v) is 3.94. The van der Waals surface area contributed by atoms with Crippen molar-refractivity contribution in [3.8, 4) is 0 Å². The highest BCUT2D eigenvalue weighted by atomic mass is 16.3. The molecule has 0 aromatic rings. The fraction of sp³-hybridized carbons (Fsp3) is 1.00. The van der Waals surface area contributed by atoms with Gasteiger partial charge >= 0.3 is 0 Å². The molecule has 2 heteroatoms. The van der Waals surface area contributed by atoms with Crippen LogP contribution in [0, 0.1) is 11.3 Å². The first kappa shape index (κ1) is 8.02. The largest absolute Gasteiger partial charge is 0.396 e. The molecule has 0 heterocycles. The van der Waals surface area contributed by atoms with Crippen LogP contribution in [0.4, 0.5) is 0 Å². The quantitative estimate of drug-likeness (QED) is 0.612. The summed E-state index contributed by atoms with van der Waals surface area (Å²) in [5.74, 6) is 0.683. The first-order chi connectivity index (χ1) is 4.58. The average molecular weight is 143 g/mol. The van der Waals surface area contributed by atoms with Gasteiger partial charge in [0.25, 0.3) is 0 Å². The van der Waals surface area contributed by atoms with Crippen LogP contribution in [-0.2, 0) is 0 Å². The molecule has 0 aromatic carbocycles. The molecule has 0 radical (unpaired) electrons. The SMILES string of the molecule is CC(C)(CO)C(N)C1CC1. The summed E-state index contributed by atoms with van der Waals surface area (Å²) in [5.41, 5.74) is 5.83. The second kappa shape index (κ2) is 2.51. The maximum Gasteiger partial charge on any atom is 0.0497 e. The third-order valence-corrected chi connectivity index (χ3v) is 2.44. The van der Waals surface area contributed by atoms with Crippen LogP contribution in [0.5, 0.6) is 0 Å². The van der Waals surface area contributed by atoms with Gasteiger partial charge in [-0.15, -0.1) is 0 Å². The molecule has 0 amide bonds. The highest BCUT2D eigenvalue weighted by Gasteiger charge is 2.37. The van der Waals surface area contributed by atoms with E-state index in [4.69, 9.17) is 10.8 Å². The number of hydrogen-bond donors (Lipinski definition) is 2. The molecule has 10 heavy (non-hydrogen) atoms. The van der Waals surface area contributed by atoms with Crippen LogP contribution in [0.1, 0.15) is 26.7 Å². The van der Waals surface area contributed by atoms with Crippen molar-refractivity contribution in [2.45, 2.75) is 32.7 Å². The summed E-state index contributed by atoms with van der Waals surface area (Å²) in [5, 5.41) is 8.96. The Bertz CT molecular complexity index is 118. The number of aliphatic hydroxyl groups is 1. The topological polar surface area (TPSA) is 46.2 Å². The molecule has 60 valence electrons. The molecule has 1 aliphatic carbocycles. The van der Waals surface area contributed by atoms with Crippen LogP contribution >= 0.6 is 0 Å². The van der Waals surface area contributed by atoms with E-state index in [1.54, 1.807) is 0 Å². The summed E-state index contributed by atoms with van der Waals surface area (Å²) in [6.07, 6.45) is 2.51. The molecular weight excluding hydrogens is 126 g/mol. The van der Waals surface area contributed by atoms with Crippen LogP contribution in [-0.4, -0.2) is 17.8 Å². The summed E-state index contributed by atoms with van der Waals surface area (Å²) in [6, 6.07) is 0.192. The summed E-state index contributed by atoms with van der Waals surface area (Å²) in [4.78, 5) is 0. The molecule has 0 bridgehead atoms. The molecule has 0 saturated heterocycles. The molecule has 1 unspecified atom stereocenters. The molecule has 3 N–H and O–H groups in total. The Balaban J connectivity index is 2.43. The minimum atomic E-state index is -0.0822. The van der Waals surface area contributed by atoms with Crippen molar-refractivity contribution in [2.75, 3.05) is 6.61 Å². The summed E-state index contributed by atoms with van der Waals surface area (Å²) >= 11 is 0. The van der Waals surface area contributed by atoms with E-state index in [-0.39, 0.29) is 18.1 Å². The van der Waals surface area contributed by atoms with Gasteiger partial charge in [-0.05, 0) is 18.8 Å². The van der Waals surface area contributed by atoms with Crippen molar-refractivity contribution < 1.29 is 5.11 Å². The van der Waals surface area contributed by atoms with E-state index in [0.29, 0.717) is 5.92 Å².